The quantitative estimate of drug-likeness (QED) is 0.653. The third-order valence-corrected chi connectivity index (χ3v) is 2.15. The molecule has 0 aromatic rings. The summed E-state index contributed by atoms with van der Waals surface area (Å²) in [5.74, 6) is 0. The average molecular weight is 201 g/mol. The Bertz CT molecular complexity index is 169. The lowest BCUT2D eigenvalue weighted by Gasteiger charge is -2.26. The lowest BCUT2D eigenvalue weighted by molar-refractivity contribution is 0.0387. The summed E-state index contributed by atoms with van der Waals surface area (Å²) in [5, 5.41) is 5.49. The fraction of sp³-hybridized carbons (Fsp3) is 0.889. The van der Waals surface area contributed by atoms with Gasteiger partial charge in [0.2, 0.25) is 0 Å². The van der Waals surface area contributed by atoms with Crippen molar-refractivity contribution in [2.24, 2.45) is 0 Å². The molecule has 0 atom stereocenters. The number of rotatable bonds is 4. The Morgan fingerprint density at radius 1 is 1.36 bits per heavy atom. The average Bonchev–Trinajstić information content (AvgIpc) is 2.20. The summed E-state index contributed by atoms with van der Waals surface area (Å²) < 4.78 is 5.22. The molecule has 1 aliphatic rings. The van der Waals surface area contributed by atoms with Gasteiger partial charge in [-0.1, -0.05) is 0 Å². The summed E-state index contributed by atoms with van der Waals surface area (Å²) in [5.41, 5.74) is 0. The van der Waals surface area contributed by atoms with Crippen LogP contribution in [0.5, 0.6) is 0 Å². The van der Waals surface area contributed by atoms with Crippen molar-refractivity contribution < 1.29 is 9.53 Å². The summed E-state index contributed by atoms with van der Waals surface area (Å²) in [6, 6.07) is -0.0826. The Labute approximate surface area is 84.8 Å². The zero-order valence-electron chi connectivity index (χ0n) is 8.71. The van der Waals surface area contributed by atoms with Gasteiger partial charge in [0.05, 0.1) is 13.2 Å². The highest BCUT2D eigenvalue weighted by Crippen LogP contribution is 1.94. The minimum atomic E-state index is -0.0826. The molecule has 0 spiro atoms. The number of ether oxygens (including phenoxy) is 1. The molecular weight excluding hydrogens is 182 g/mol. The fourth-order valence-electron chi connectivity index (χ4n) is 1.38. The minimum absolute atomic E-state index is 0.0826. The summed E-state index contributed by atoms with van der Waals surface area (Å²) in [4.78, 5) is 13.3. The van der Waals surface area contributed by atoms with Crippen LogP contribution in [-0.4, -0.2) is 56.9 Å². The first kappa shape index (κ1) is 11.3. The van der Waals surface area contributed by atoms with E-state index in [1.165, 1.54) is 0 Å². The molecule has 5 nitrogen and oxygen atoms in total. The molecule has 1 heterocycles. The van der Waals surface area contributed by atoms with E-state index in [9.17, 15) is 4.79 Å². The lowest BCUT2D eigenvalue weighted by Crippen LogP contribution is -2.43. The van der Waals surface area contributed by atoms with Crippen molar-refractivity contribution in [2.45, 2.75) is 6.92 Å². The van der Waals surface area contributed by atoms with E-state index in [1.807, 2.05) is 6.92 Å². The highest BCUT2D eigenvalue weighted by molar-refractivity contribution is 5.73. The largest absolute Gasteiger partial charge is 0.379 e. The van der Waals surface area contributed by atoms with Gasteiger partial charge in [0.1, 0.15) is 0 Å². The molecule has 14 heavy (non-hydrogen) atoms. The topological polar surface area (TPSA) is 53.6 Å². The predicted octanol–water partition coefficient (Wildman–Crippen LogP) is -0.362. The van der Waals surface area contributed by atoms with Gasteiger partial charge in [0, 0.05) is 32.7 Å². The van der Waals surface area contributed by atoms with Gasteiger partial charge in [-0.25, -0.2) is 4.79 Å². The van der Waals surface area contributed by atoms with E-state index in [0.717, 1.165) is 32.8 Å². The molecule has 2 amide bonds. The fourth-order valence-corrected chi connectivity index (χ4v) is 1.38. The summed E-state index contributed by atoms with van der Waals surface area (Å²) in [7, 11) is 0. The molecule has 5 heteroatoms. The molecule has 0 radical (unpaired) electrons. The van der Waals surface area contributed by atoms with E-state index in [-0.39, 0.29) is 6.03 Å². The van der Waals surface area contributed by atoms with E-state index in [0.29, 0.717) is 13.1 Å². The number of hydrogen-bond acceptors (Lipinski definition) is 3. The smallest absolute Gasteiger partial charge is 0.314 e. The second-order valence-corrected chi connectivity index (χ2v) is 3.24. The Balaban J connectivity index is 1.99. The standard InChI is InChI=1S/C9H19N3O2/c1-2-10-9(13)11-3-4-12-5-7-14-8-6-12/h2-8H2,1H3,(H2,10,11,13). The second kappa shape index (κ2) is 6.62. The van der Waals surface area contributed by atoms with Crippen LogP contribution < -0.4 is 10.6 Å². The predicted molar refractivity (Wildman–Crippen MR) is 54.3 cm³/mol. The van der Waals surface area contributed by atoms with E-state index >= 15 is 0 Å². The van der Waals surface area contributed by atoms with Crippen LogP contribution in [0.1, 0.15) is 6.92 Å². The zero-order valence-corrected chi connectivity index (χ0v) is 8.71. The molecule has 0 bridgehead atoms. The SMILES string of the molecule is CCNC(=O)NCCN1CCOCC1. The molecule has 0 aromatic carbocycles. The molecule has 1 fully saturated rings. The molecule has 1 aliphatic heterocycles. The van der Waals surface area contributed by atoms with Crippen molar-refractivity contribution >= 4 is 6.03 Å². The summed E-state index contributed by atoms with van der Waals surface area (Å²) in [6.45, 7) is 7.73. The first-order valence-corrected chi connectivity index (χ1v) is 5.14. The number of carbonyl (C=O) groups excluding carboxylic acids is 1. The van der Waals surface area contributed by atoms with Crippen molar-refractivity contribution in [3.63, 3.8) is 0 Å². The van der Waals surface area contributed by atoms with Gasteiger partial charge >= 0.3 is 6.03 Å². The summed E-state index contributed by atoms with van der Waals surface area (Å²) in [6.07, 6.45) is 0. The van der Waals surface area contributed by atoms with Crippen LogP contribution in [0.3, 0.4) is 0 Å². The Morgan fingerprint density at radius 3 is 2.71 bits per heavy atom. The summed E-state index contributed by atoms with van der Waals surface area (Å²) >= 11 is 0. The molecule has 1 saturated heterocycles. The van der Waals surface area contributed by atoms with Gasteiger partial charge in [0.15, 0.2) is 0 Å². The number of hydrogen-bond donors (Lipinski definition) is 2. The maximum absolute atomic E-state index is 11.0. The van der Waals surface area contributed by atoms with Gasteiger partial charge < -0.3 is 15.4 Å². The van der Waals surface area contributed by atoms with Crippen molar-refractivity contribution in [2.75, 3.05) is 45.9 Å². The van der Waals surface area contributed by atoms with Crippen molar-refractivity contribution in [1.29, 1.82) is 0 Å². The van der Waals surface area contributed by atoms with Gasteiger partial charge in [-0.05, 0) is 6.92 Å². The molecule has 0 aromatic heterocycles. The van der Waals surface area contributed by atoms with E-state index in [2.05, 4.69) is 15.5 Å². The van der Waals surface area contributed by atoms with Gasteiger partial charge in [0.25, 0.3) is 0 Å². The van der Waals surface area contributed by atoms with E-state index < -0.39 is 0 Å². The van der Waals surface area contributed by atoms with Crippen LogP contribution in [0.15, 0.2) is 0 Å². The molecule has 1 rings (SSSR count). The molecule has 82 valence electrons. The third kappa shape index (κ3) is 4.43. The minimum Gasteiger partial charge on any atom is -0.379 e. The second-order valence-electron chi connectivity index (χ2n) is 3.24. The van der Waals surface area contributed by atoms with E-state index in [1.54, 1.807) is 0 Å². The molecule has 0 saturated carbocycles. The van der Waals surface area contributed by atoms with Crippen LogP contribution in [0.2, 0.25) is 0 Å². The number of carbonyl (C=O) groups is 1. The molecule has 2 N–H and O–H groups in total. The first-order valence-electron chi connectivity index (χ1n) is 5.14. The van der Waals surface area contributed by atoms with Crippen LogP contribution in [-0.2, 0) is 4.74 Å². The first-order chi connectivity index (χ1) is 6.83. The van der Waals surface area contributed by atoms with Gasteiger partial charge in [-0.2, -0.15) is 0 Å². The van der Waals surface area contributed by atoms with Crippen LogP contribution >= 0.6 is 0 Å². The van der Waals surface area contributed by atoms with Crippen LogP contribution in [0.4, 0.5) is 4.79 Å². The van der Waals surface area contributed by atoms with Crippen molar-refractivity contribution in [3.05, 3.63) is 0 Å². The maximum Gasteiger partial charge on any atom is 0.314 e. The van der Waals surface area contributed by atoms with Gasteiger partial charge in [-0.3, -0.25) is 4.90 Å². The number of nitrogens with one attached hydrogen (secondary N) is 2. The number of amides is 2. The lowest BCUT2D eigenvalue weighted by atomic mass is 10.4. The Kier molecular flexibility index (Phi) is 5.32. The highest BCUT2D eigenvalue weighted by Gasteiger charge is 2.09. The normalized spacial score (nSPS) is 17.8. The number of nitrogens with zero attached hydrogens (tertiary/aromatic N) is 1. The zero-order chi connectivity index (χ0) is 10.2. The van der Waals surface area contributed by atoms with Crippen molar-refractivity contribution in [1.82, 2.24) is 15.5 Å². The van der Waals surface area contributed by atoms with E-state index in [4.69, 9.17) is 4.74 Å². The van der Waals surface area contributed by atoms with Crippen molar-refractivity contribution in [3.8, 4) is 0 Å². The molecular formula is C9H19N3O2. The van der Waals surface area contributed by atoms with Gasteiger partial charge in [-0.15, -0.1) is 0 Å². The highest BCUT2D eigenvalue weighted by atomic mass is 16.5. The monoisotopic (exact) mass is 201 g/mol. The van der Waals surface area contributed by atoms with Crippen LogP contribution in [0, 0.1) is 0 Å². The molecule has 0 aliphatic carbocycles. The Morgan fingerprint density at radius 2 is 2.07 bits per heavy atom. The number of morpholine rings is 1. The van der Waals surface area contributed by atoms with Crippen LogP contribution in [0.25, 0.3) is 0 Å². The maximum atomic E-state index is 11.0. The molecule has 0 unspecified atom stereocenters. The number of urea groups is 1. The Hall–Kier alpha value is -0.810. The third-order valence-electron chi connectivity index (χ3n) is 2.15.